The lowest BCUT2D eigenvalue weighted by Crippen LogP contribution is -2.41. The van der Waals surface area contributed by atoms with Gasteiger partial charge < -0.3 is 19.7 Å². The molecule has 0 heterocycles. The lowest BCUT2D eigenvalue weighted by molar-refractivity contribution is -0.0357. The predicted octanol–water partition coefficient (Wildman–Crippen LogP) is 4.81. The SMILES string of the molecule is N#Cc1cc(NSc2cc(C(=O)O)ccc2C2CC2)c(OC2CCC2O)cc1Cl. The summed E-state index contributed by atoms with van der Waals surface area (Å²) in [7, 11) is 0. The highest BCUT2D eigenvalue weighted by Gasteiger charge is 2.32. The van der Waals surface area contributed by atoms with Crippen LogP contribution in [-0.4, -0.2) is 28.4 Å². The fourth-order valence-corrected chi connectivity index (χ4v) is 4.28. The van der Waals surface area contributed by atoms with E-state index in [0.717, 1.165) is 29.7 Å². The molecular weight excluding hydrogens is 412 g/mol. The molecule has 2 aromatic rings. The van der Waals surface area contributed by atoms with Gasteiger partial charge in [-0.25, -0.2) is 4.79 Å². The molecule has 2 aliphatic carbocycles. The third-order valence-corrected chi connectivity index (χ3v) is 6.40. The van der Waals surface area contributed by atoms with Gasteiger partial charge in [0.1, 0.15) is 17.9 Å². The van der Waals surface area contributed by atoms with Crippen LogP contribution in [-0.2, 0) is 0 Å². The third-order valence-electron chi connectivity index (χ3n) is 5.19. The van der Waals surface area contributed by atoms with Gasteiger partial charge in [-0.2, -0.15) is 5.26 Å². The molecule has 2 aliphatic rings. The van der Waals surface area contributed by atoms with Crippen molar-refractivity contribution in [1.29, 1.82) is 5.26 Å². The molecule has 2 saturated carbocycles. The number of carbonyl (C=O) groups is 1. The van der Waals surface area contributed by atoms with Crippen molar-refractivity contribution in [3.05, 3.63) is 52.0 Å². The van der Waals surface area contributed by atoms with Crippen molar-refractivity contribution in [1.82, 2.24) is 0 Å². The Labute approximate surface area is 177 Å². The molecule has 0 aromatic heterocycles. The van der Waals surface area contributed by atoms with Gasteiger partial charge in [-0.3, -0.25) is 0 Å². The molecule has 0 spiro atoms. The van der Waals surface area contributed by atoms with Crippen LogP contribution in [0.15, 0.2) is 35.2 Å². The van der Waals surface area contributed by atoms with Crippen LogP contribution in [0.3, 0.4) is 0 Å². The van der Waals surface area contributed by atoms with Gasteiger partial charge >= 0.3 is 5.97 Å². The summed E-state index contributed by atoms with van der Waals surface area (Å²) in [6, 6.07) is 10.4. The van der Waals surface area contributed by atoms with E-state index in [1.54, 1.807) is 24.3 Å². The Kier molecular flexibility index (Phi) is 5.59. The number of anilines is 1. The number of nitriles is 1. The first-order chi connectivity index (χ1) is 14.0. The number of nitrogens with one attached hydrogen (secondary N) is 1. The quantitative estimate of drug-likeness (QED) is 0.541. The molecule has 29 heavy (non-hydrogen) atoms. The Morgan fingerprint density at radius 1 is 1.24 bits per heavy atom. The number of benzene rings is 2. The molecule has 2 atom stereocenters. The number of hydrogen-bond acceptors (Lipinski definition) is 6. The second-order valence-electron chi connectivity index (χ2n) is 7.28. The molecule has 3 N–H and O–H groups in total. The maximum Gasteiger partial charge on any atom is 0.335 e. The average molecular weight is 431 g/mol. The minimum Gasteiger partial charge on any atom is -0.485 e. The van der Waals surface area contributed by atoms with Gasteiger partial charge in [0.25, 0.3) is 0 Å². The van der Waals surface area contributed by atoms with E-state index in [1.807, 2.05) is 6.07 Å². The van der Waals surface area contributed by atoms with Gasteiger partial charge in [-0.05, 0) is 67.3 Å². The molecule has 2 aromatic carbocycles. The summed E-state index contributed by atoms with van der Waals surface area (Å²) >= 11 is 7.45. The summed E-state index contributed by atoms with van der Waals surface area (Å²) in [5.74, 6) is -0.0778. The second-order valence-corrected chi connectivity index (χ2v) is 8.53. The Balaban J connectivity index is 1.61. The number of rotatable bonds is 7. The van der Waals surface area contributed by atoms with Crippen molar-refractivity contribution < 1.29 is 19.7 Å². The van der Waals surface area contributed by atoms with E-state index in [9.17, 15) is 20.3 Å². The molecule has 0 amide bonds. The van der Waals surface area contributed by atoms with Crippen LogP contribution in [0.4, 0.5) is 5.69 Å². The predicted molar refractivity (Wildman–Crippen MR) is 111 cm³/mol. The van der Waals surface area contributed by atoms with Crippen LogP contribution < -0.4 is 9.46 Å². The largest absolute Gasteiger partial charge is 0.485 e. The van der Waals surface area contributed by atoms with Crippen molar-refractivity contribution in [2.45, 2.75) is 48.7 Å². The number of carboxylic acids is 1. The topological polar surface area (TPSA) is 103 Å². The first-order valence-corrected chi connectivity index (χ1v) is 10.5. The molecule has 2 fully saturated rings. The van der Waals surface area contributed by atoms with Gasteiger partial charge in [-0.1, -0.05) is 17.7 Å². The monoisotopic (exact) mass is 430 g/mol. The van der Waals surface area contributed by atoms with Gasteiger partial charge in [0.2, 0.25) is 0 Å². The van der Waals surface area contributed by atoms with Crippen molar-refractivity contribution >= 4 is 35.2 Å². The van der Waals surface area contributed by atoms with E-state index in [2.05, 4.69) is 10.8 Å². The normalized spacial score (nSPS) is 20.4. The summed E-state index contributed by atoms with van der Waals surface area (Å²) < 4.78 is 9.10. The molecule has 8 heteroatoms. The summed E-state index contributed by atoms with van der Waals surface area (Å²) in [5, 5.41) is 28.7. The smallest absolute Gasteiger partial charge is 0.335 e. The van der Waals surface area contributed by atoms with E-state index in [-0.39, 0.29) is 16.7 Å². The van der Waals surface area contributed by atoms with Crippen molar-refractivity contribution in [2.75, 3.05) is 4.72 Å². The Bertz CT molecular complexity index is 1000. The maximum atomic E-state index is 11.4. The Morgan fingerprint density at radius 2 is 2.03 bits per heavy atom. The standard InChI is InChI=1S/C21H19ClN2O4S/c22-15-9-19(28-18-6-5-17(18)25)16(7-13(15)10-23)24-29-20-8-12(21(26)27)3-4-14(20)11-1-2-11/h3-4,7-9,11,17-18,24-25H,1-2,5-6H2,(H,26,27). The molecule has 4 rings (SSSR count). The first kappa shape index (κ1) is 19.9. The van der Waals surface area contributed by atoms with Crippen LogP contribution in [0.2, 0.25) is 5.02 Å². The highest BCUT2D eigenvalue weighted by Crippen LogP contribution is 2.45. The Morgan fingerprint density at radius 3 is 2.62 bits per heavy atom. The van der Waals surface area contributed by atoms with Crippen molar-refractivity contribution in [3.63, 3.8) is 0 Å². The fraction of sp³-hybridized carbons (Fsp3) is 0.333. The lowest BCUT2D eigenvalue weighted by Gasteiger charge is -2.33. The zero-order valence-corrected chi connectivity index (χ0v) is 17.0. The molecule has 0 aliphatic heterocycles. The fourth-order valence-electron chi connectivity index (χ4n) is 3.17. The summed E-state index contributed by atoms with van der Waals surface area (Å²) in [5.41, 5.74) is 2.19. The van der Waals surface area contributed by atoms with E-state index in [1.165, 1.54) is 11.9 Å². The number of aromatic carboxylic acids is 1. The highest BCUT2D eigenvalue weighted by molar-refractivity contribution is 8.00. The number of aliphatic hydroxyl groups excluding tert-OH is 1. The number of ether oxygens (including phenoxy) is 1. The second kappa shape index (κ2) is 8.15. The minimum atomic E-state index is -0.976. The number of hydrogen-bond donors (Lipinski definition) is 3. The Hall–Kier alpha value is -2.40. The number of aliphatic hydroxyl groups is 1. The van der Waals surface area contributed by atoms with E-state index in [4.69, 9.17) is 16.3 Å². The van der Waals surface area contributed by atoms with Crippen molar-refractivity contribution in [3.8, 4) is 11.8 Å². The van der Waals surface area contributed by atoms with Crippen molar-refractivity contribution in [2.24, 2.45) is 0 Å². The summed E-state index contributed by atoms with van der Waals surface area (Å²) in [6.07, 6.45) is 2.80. The third kappa shape index (κ3) is 4.30. The van der Waals surface area contributed by atoms with Crippen LogP contribution in [0.25, 0.3) is 0 Å². The van der Waals surface area contributed by atoms with Crippen LogP contribution >= 0.6 is 23.5 Å². The van der Waals surface area contributed by atoms with Gasteiger partial charge in [0.05, 0.1) is 27.9 Å². The first-order valence-electron chi connectivity index (χ1n) is 9.34. The minimum absolute atomic E-state index is 0.224. The van der Waals surface area contributed by atoms with Crippen LogP contribution in [0.5, 0.6) is 5.75 Å². The van der Waals surface area contributed by atoms with Gasteiger partial charge in [0.15, 0.2) is 0 Å². The van der Waals surface area contributed by atoms with E-state index >= 15 is 0 Å². The van der Waals surface area contributed by atoms with Gasteiger partial charge in [0, 0.05) is 11.0 Å². The van der Waals surface area contributed by atoms with Crippen LogP contribution in [0.1, 0.15) is 53.1 Å². The average Bonchev–Trinajstić information content (AvgIpc) is 3.55. The molecule has 2 unspecified atom stereocenters. The zero-order valence-electron chi connectivity index (χ0n) is 15.4. The molecular formula is C21H19ClN2O4S. The summed E-state index contributed by atoms with van der Waals surface area (Å²) in [4.78, 5) is 12.2. The highest BCUT2D eigenvalue weighted by atomic mass is 35.5. The summed E-state index contributed by atoms with van der Waals surface area (Å²) in [6.45, 7) is 0. The number of halogens is 1. The molecule has 6 nitrogen and oxygen atoms in total. The number of carboxylic acid groups (broad SMARTS) is 1. The molecule has 150 valence electrons. The molecule has 0 radical (unpaired) electrons. The van der Waals surface area contributed by atoms with Crippen LogP contribution in [0, 0.1) is 11.3 Å². The lowest BCUT2D eigenvalue weighted by atomic mass is 9.92. The zero-order chi connectivity index (χ0) is 20.5. The van der Waals surface area contributed by atoms with E-state index in [0.29, 0.717) is 29.3 Å². The molecule has 0 bridgehead atoms. The van der Waals surface area contributed by atoms with E-state index < -0.39 is 12.1 Å². The molecule has 0 saturated heterocycles. The maximum absolute atomic E-state index is 11.4. The number of nitrogens with zero attached hydrogens (tertiary/aromatic N) is 1. The van der Waals surface area contributed by atoms with Gasteiger partial charge in [-0.15, -0.1) is 0 Å².